The molecule has 0 aliphatic rings. The van der Waals surface area contributed by atoms with Crippen molar-refractivity contribution >= 4 is 5.91 Å². The molecule has 0 saturated carbocycles. The van der Waals surface area contributed by atoms with E-state index in [4.69, 9.17) is 0 Å². The Bertz CT molecular complexity index is 609. The van der Waals surface area contributed by atoms with Crippen LogP contribution in [-0.4, -0.2) is 32.4 Å². The van der Waals surface area contributed by atoms with E-state index in [2.05, 4.69) is 25.1 Å². The molecule has 1 atom stereocenters. The van der Waals surface area contributed by atoms with Crippen LogP contribution in [0.2, 0.25) is 0 Å². The summed E-state index contributed by atoms with van der Waals surface area (Å²) < 4.78 is 42.5. The molecule has 0 unspecified atom stereocenters. The molecule has 2 rings (SSSR count). The summed E-state index contributed by atoms with van der Waals surface area (Å²) in [7, 11) is 0. The minimum Gasteiger partial charge on any atom is -0.354 e. The number of amides is 1. The van der Waals surface area contributed by atoms with Gasteiger partial charge in [0.2, 0.25) is 5.91 Å². The van der Waals surface area contributed by atoms with E-state index in [0.29, 0.717) is 6.42 Å². The van der Waals surface area contributed by atoms with Gasteiger partial charge in [-0.3, -0.25) is 9.48 Å². The van der Waals surface area contributed by atoms with Gasteiger partial charge in [0.25, 0.3) is 0 Å². The van der Waals surface area contributed by atoms with E-state index in [1.807, 2.05) is 6.92 Å². The van der Waals surface area contributed by atoms with Gasteiger partial charge >= 0.3 is 12.1 Å². The second kappa shape index (κ2) is 6.58. The van der Waals surface area contributed by atoms with Gasteiger partial charge in [-0.25, -0.2) is 0 Å². The lowest BCUT2D eigenvalue weighted by Gasteiger charge is -2.14. The van der Waals surface area contributed by atoms with E-state index in [1.165, 1.54) is 4.68 Å². The van der Waals surface area contributed by atoms with Crippen LogP contribution in [0, 0.1) is 0 Å². The fourth-order valence-corrected chi connectivity index (χ4v) is 1.84. The third kappa shape index (κ3) is 3.83. The van der Waals surface area contributed by atoms with Crippen LogP contribution in [0.4, 0.5) is 13.2 Å². The molecule has 0 radical (unpaired) electrons. The lowest BCUT2D eigenvalue weighted by molar-refractivity contribution is -0.159. The summed E-state index contributed by atoms with van der Waals surface area (Å²) in [5.41, 5.74) is 0. The average Bonchev–Trinajstić information content (AvgIpc) is 3.10. The molecule has 0 aliphatic heterocycles. The zero-order chi connectivity index (χ0) is 16.2. The van der Waals surface area contributed by atoms with Crippen molar-refractivity contribution in [2.75, 3.05) is 6.54 Å². The number of hydrogen-bond acceptors (Lipinski definition) is 5. The van der Waals surface area contributed by atoms with Crippen molar-refractivity contribution in [2.24, 2.45) is 0 Å². The number of nitrogens with zero attached hydrogens (tertiary/aromatic N) is 4. The minimum absolute atomic E-state index is 0.0425. The summed E-state index contributed by atoms with van der Waals surface area (Å²) in [6.07, 6.45) is -0.854. The van der Waals surface area contributed by atoms with Crippen LogP contribution in [0.3, 0.4) is 0 Å². The van der Waals surface area contributed by atoms with Gasteiger partial charge in [0.05, 0.1) is 0 Å². The number of alkyl halides is 3. The Morgan fingerprint density at radius 1 is 1.50 bits per heavy atom. The second-order valence-corrected chi connectivity index (χ2v) is 4.46. The van der Waals surface area contributed by atoms with E-state index in [9.17, 15) is 18.0 Å². The molecule has 7 nitrogen and oxygen atoms in total. The monoisotopic (exact) mass is 317 g/mol. The highest BCUT2D eigenvalue weighted by Gasteiger charge is 2.38. The maximum atomic E-state index is 12.3. The molecule has 0 bridgehead atoms. The summed E-state index contributed by atoms with van der Waals surface area (Å²) in [5, 5.41) is 9.83. The minimum atomic E-state index is -4.66. The van der Waals surface area contributed by atoms with Crippen molar-refractivity contribution in [1.29, 1.82) is 0 Å². The first-order chi connectivity index (χ1) is 10.4. The fourth-order valence-electron chi connectivity index (χ4n) is 1.84. The van der Waals surface area contributed by atoms with Crippen LogP contribution < -0.4 is 5.32 Å². The first kappa shape index (κ1) is 16.0. The standard InChI is InChI=1S/C12H14F3N5O2/c1-2-8(20-7-3-5-17-20)10(21)16-6-4-9-18-11(22-19-9)12(13,14)15/h3,5,7-8H,2,4,6H2,1H3,(H,16,21)/t8-/m1/s1. The van der Waals surface area contributed by atoms with Crippen LogP contribution in [-0.2, 0) is 17.4 Å². The van der Waals surface area contributed by atoms with E-state index in [0.717, 1.165) is 0 Å². The van der Waals surface area contributed by atoms with Gasteiger partial charge < -0.3 is 9.84 Å². The number of hydrogen-bond donors (Lipinski definition) is 1. The van der Waals surface area contributed by atoms with Crippen molar-refractivity contribution in [3.8, 4) is 0 Å². The van der Waals surface area contributed by atoms with Crippen molar-refractivity contribution in [3.63, 3.8) is 0 Å². The fraction of sp³-hybridized carbons (Fsp3) is 0.500. The molecule has 2 aromatic heterocycles. The van der Waals surface area contributed by atoms with Crippen molar-refractivity contribution < 1.29 is 22.5 Å². The molecule has 1 N–H and O–H groups in total. The maximum absolute atomic E-state index is 12.3. The number of rotatable bonds is 6. The lowest BCUT2D eigenvalue weighted by atomic mass is 10.2. The van der Waals surface area contributed by atoms with Crippen molar-refractivity contribution in [3.05, 3.63) is 30.2 Å². The molecule has 0 saturated heterocycles. The number of halogens is 3. The first-order valence-electron chi connectivity index (χ1n) is 6.58. The van der Waals surface area contributed by atoms with Crippen molar-refractivity contribution in [1.82, 2.24) is 25.2 Å². The lowest BCUT2D eigenvalue weighted by Crippen LogP contribution is -2.34. The predicted molar refractivity (Wildman–Crippen MR) is 67.6 cm³/mol. The summed E-state index contributed by atoms with van der Waals surface area (Å²) in [6, 6.07) is 1.24. The van der Waals surface area contributed by atoms with Gasteiger partial charge in [-0.2, -0.15) is 23.3 Å². The van der Waals surface area contributed by atoms with Crippen LogP contribution in [0.25, 0.3) is 0 Å². The Hall–Kier alpha value is -2.39. The molecule has 22 heavy (non-hydrogen) atoms. The number of carbonyl (C=O) groups is 1. The van der Waals surface area contributed by atoms with Crippen LogP contribution >= 0.6 is 0 Å². The largest absolute Gasteiger partial charge is 0.471 e. The van der Waals surface area contributed by atoms with Gasteiger partial charge in [0, 0.05) is 25.4 Å². The third-order valence-corrected chi connectivity index (χ3v) is 2.89. The molecule has 0 fully saturated rings. The molecule has 0 aromatic carbocycles. The molecule has 0 aliphatic carbocycles. The molecule has 120 valence electrons. The number of nitrogens with one attached hydrogen (secondary N) is 1. The van der Waals surface area contributed by atoms with Gasteiger partial charge in [0.15, 0.2) is 5.82 Å². The Kier molecular flexibility index (Phi) is 4.78. The topological polar surface area (TPSA) is 85.8 Å². The zero-order valence-electron chi connectivity index (χ0n) is 11.7. The molecule has 0 spiro atoms. The highest BCUT2D eigenvalue weighted by Crippen LogP contribution is 2.27. The van der Waals surface area contributed by atoms with E-state index >= 15 is 0 Å². The highest BCUT2D eigenvalue weighted by atomic mass is 19.4. The van der Waals surface area contributed by atoms with Gasteiger partial charge in [-0.15, -0.1) is 0 Å². The van der Waals surface area contributed by atoms with E-state index < -0.39 is 18.1 Å². The van der Waals surface area contributed by atoms with E-state index in [-0.39, 0.29) is 24.7 Å². The molecule has 2 heterocycles. The quantitative estimate of drug-likeness (QED) is 0.874. The Morgan fingerprint density at radius 3 is 2.82 bits per heavy atom. The Labute approximate surface area is 123 Å². The molecular weight excluding hydrogens is 303 g/mol. The number of aromatic nitrogens is 4. The maximum Gasteiger partial charge on any atom is 0.471 e. The normalized spacial score (nSPS) is 13.1. The SMILES string of the molecule is CC[C@H](C(=O)NCCc1noc(C(F)(F)F)n1)n1cccn1. The van der Waals surface area contributed by atoms with Gasteiger partial charge in [-0.05, 0) is 12.5 Å². The summed E-state index contributed by atoms with van der Waals surface area (Å²) in [6.45, 7) is 1.94. The van der Waals surface area contributed by atoms with Crippen LogP contribution in [0.1, 0.15) is 31.1 Å². The Morgan fingerprint density at radius 2 is 2.27 bits per heavy atom. The number of carbonyl (C=O) groups excluding carboxylic acids is 1. The van der Waals surface area contributed by atoms with Crippen LogP contribution in [0.5, 0.6) is 0 Å². The predicted octanol–water partition coefficient (Wildman–Crippen LogP) is 1.59. The average molecular weight is 317 g/mol. The smallest absolute Gasteiger partial charge is 0.354 e. The Balaban J connectivity index is 1.85. The van der Waals surface area contributed by atoms with Gasteiger partial charge in [-0.1, -0.05) is 12.1 Å². The summed E-state index contributed by atoms with van der Waals surface area (Å²) >= 11 is 0. The molecule has 1 amide bonds. The highest BCUT2D eigenvalue weighted by molar-refractivity contribution is 5.80. The molecular formula is C12H14F3N5O2. The summed E-state index contributed by atoms with van der Waals surface area (Å²) in [4.78, 5) is 15.2. The third-order valence-electron chi connectivity index (χ3n) is 2.89. The summed E-state index contributed by atoms with van der Waals surface area (Å²) in [5.74, 6) is -1.78. The zero-order valence-corrected chi connectivity index (χ0v) is 11.7. The first-order valence-corrected chi connectivity index (χ1v) is 6.58. The van der Waals surface area contributed by atoms with Crippen molar-refractivity contribution in [2.45, 2.75) is 32.0 Å². The molecule has 2 aromatic rings. The molecule has 10 heteroatoms. The van der Waals surface area contributed by atoms with Gasteiger partial charge in [0.1, 0.15) is 6.04 Å². The van der Waals surface area contributed by atoms with Crippen LogP contribution in [0.15, 0.2) is 23.0 Å². The van der Waals surface area contributed by atoms with E-state index in [1.54, 1.807) is 18.5 Å². The second-order valence-electron chi connectivity index (χ2n) is 4.46.